The van der Waals surface area contributed by atoms with Crippen LogP contribution in [0.4, 0.5) is 0 Å². The predicted molar refractivity (Wildman–Crippen MR) is 61.3 cm³/mol. The van der Waals surface area contributed by atoms with Crippen LogP contribution in [0.1, 0.15) is 25.3 Å². The summed E-state index contributed by atoms with van der Waals surface area (Å²) in [7, 11) is 0. The van der Waals surface area contributed by atoms with Gasteiger partial charge in [0, 0.05) is 15.6 Å². The van der Waals surface area contributed by atoms with Crippen LogP contribution in [0, 0.1) is 0 Å². The Kier molecular flexibility index (Phi) is 5.23. The van der Waals surface area contributed by atoms with Gasteiger partial charge in [-0.3, -0.25) is 0 Å². The van der Waals surface area contributed by atoms with Crippen molar-refractivity contribution in [1.82, 2.24) is 0 Å². The van der Waals surface area contributed by atoms with Crippen molar-refractivity contribution < 1.29 is 10.4 Å². The third kappa shape index (κ3) is 3.90. The Morgan fingerprint density at radius 3 is 2.73 bits per heavy atom. The average Bonchev–Trinajstić information content (AvgIpc) is 2.19. The van der Waals surface area contributed by atoms with Crippen LogP contribution >= 0.6 is 23.2 Å². The van der Waals surface area contributed by atoms with Crippen LogP contribution in [0.2, 0.25) is 10.0 Å². The van der Waals surface area contributed by atoms with Crippen LogP contribution < -0.4 is 10.4 Å². The zero-order valence-corrected chi connectivity index (χ0v) is 10.2. The summed E-state index contributed by atoms with van der Waals surface area (Å²) in [5.74, 6) is -0.103. The summed E-state index contributed by atoms with van der Waals surface area (Å²) in [5.41, 5.74) is 0.684. The van der Waals surface area contributed by atoms with Crippen LogP contribution in [0.3, 0.4) is 0 Å². The van der Waals surface area contributed by atoms with Gasteiger partial charge in [0.15, 0.2) is 0 Å². The molecule has 0 radical (unpaired) electrons. The third-order valence-electron chi connectivity index (χ3n) is 2.21. The normalized spacial score (nSPS) is 10.6. The molecule has 0 heterocycles. The van der Waals surface area contributed by atoms with Gasteiger partial charge in [-0.15, -0.1) is 0 Å². The van der Waals surface area contributed by atoms with Crippen LogP contribution in [0.25, 0.3) is 0 Å². The van der Waals surface area contributed by atoms with Crippen molar-refractivity contribution in [2.75, 3.05) is 6.54 Å². The Hall–Kier alpha value is -0.440. The predicted octanol–water partition coefficient (Wildman–Crippen LogP) is 1.93. The van der Waals surface area contributed by atoms with Crippen molar-refractivity contribution >= 4 is 23.2 Å². The second-order valence-electron chi connectivity index (χ2n) is 3.51. The van der Waals surface area contributed by atoms with E-state index in [4.69, 9.17) is 23.2 Å². The van der Waals surface area contributed by atoms with E-state index in [2.05, 4.69) is 12.2 Å². The standard InChI is InChI=1S/C11H15Cl2NO/c1-2-3-4-14-7-8-5-9(12)6-10(13)11(8)15/h5-6,14-15H,2-4,7H2,1H3. The molecule has 84 valence electrons. The molecular weight excluding hydrogens is 233 g/mol. The SMILES string of the molecule is CCCC[NH2+]Cc1cc(Cl)cc(Cl)c1[O-]. The van der Waals surface area contributed by atoms with Crippen LogP contribution in [-0.2, 0) is 6.54 Å². The number of unbranched alkanes of at least 4 members (excludes halogenated alkanes) is 1. The molecule has 0 aromatic heterocycles. The molecule has 0 saturated heterocycles. The van der Waals surface area contributed by atoms with Gasteiger partial charge in [-0.25, -0.2) is 0 Å². The number of nitrogens with two attached hydrogens (primary N) is 1. The molecule has 15 heavy (non-hydrogen) atoms. The van der Waals surface area contributed by atoms with Gasteiger partial charge in [-0.1, -0.05) is 42.3 Å². The van der Waals surface area contributed by atoms with E-state index in [9.17, 15) is 5.11 Å². The minimum Gasteiger partial charge on any atom is -0.871 e. The van der Waals surface area contributed by atoms with Gasteiger partial charge in [0.2, 0.25) is 0 Å². The Bertz CT molecular complexity index is 329. The lowest BCUT2D eigenvalue weighted by Gasteiger charge is -2.14. The molecule has 0 spiro atoms. The fourth-order valence-electron chi connectivity index (χ4n) is 1.37. The summed E-state index contributed by atoms with van der Waals surface area (Å²) in [4.78, 5) is 0. The first-order chi connectivity index (χ1) is 7.15. The molecule has 0 aliphatic carbocycles. The molecule has 0 bridgehead atoms. The number of quaternary nitrogens is 1. The Morgan fingerprint density at radius 1 is 1.33 bits per heavy atom. The van der Waals surface area contributed by atoms with Gasteiger partial charge in [0.05, 0.1) is 6.54 Å². The van der Waals surface area contributed by atoms with E-state index in [-0.39, 0.29) is 10.8 Å². The van der Waals surface area contributed by atoms with Gasteiger partial charge in [0.25, 0.3) is 0 Å². The summed E-state index contributed by atoms with van der Waals surface area (Å²) in [6, 6.07) is 3.18. The van der Waals surface area contributed by atoms with Gasteiger partial charge >= 0.3 is 0 Å². The summed E-state index contributed by atoms with van der Waals surface area (Å²) in [5, 5.41) is 14.4. The number of rotatable bonds is 5. The summed E-state index contributed by atoms with van der Waals surface area (Å²) < 4.78 is 0. The minimum atomic E-state index is -0.103. The van der Waals surface area contributed by atoms with Crippen molar-refractivity contribution in [1.29, 1.82) is 0 Å². The molecule has 2 N–H and O–H groups in total. The first-order valence-corrected chi connectivity index (χ1v) is 5.87. The minimum absolute atomic E-state index is 0.103. The molecule has 2 nitrogen and oxygen atoms in total. The zero-order chi connectivity index (χ0) is 11.3. The van der Waals surface area contributed by atoms with Crippen LogP contribution in [0.15, 0.2) is 12.1 Å². The van der Waals surface area contributed by atoms with E-state index in [0.29, 0.717) is 17.1 Å². The molecular formula is C11H15Cl2NO. The molecule has 1 rings (SSSR count). The fraction of sp³-hybridized carbons (Fsp3) is 0.455. The van der Waals surface area contributed by atoms with E-state index in [1.807, 2.05) is 0 Å². The second kappa shape index (κ2) is 6.21. The van der Waals surface area contributed by atoms with E-state index in [1.54, 1.807) is 6.07 Å². The number of hydrogen-bond acceptors (Lipinski definition) is 1. The maximum absolute atomic E-state index is 11.6. The zero-order valence-electron chi connectivity index (χ0n) is 8.72. The second-order valence-corrected chi connectivity index (χ2v) is 4.35. The number of hydrogen-bond donors (Lipinski definition) is 1. The molecule has 0 saturated carbocycles. The van der Waals surface area contributed by atoms with E-state index in [1.165, 1.54) is 6.07 Å². The Labute approximate surface area is 100 Å². The molecule has 0 aliphatic rings. The smallest absolute Gasteiger partial charge is 0.101 e. The summed E-state index contributed by atoms with van der Waals surface area (Å²) >= 11 is 11.6. The molecule has 0 atom stereocenters. The lowest BCUT2D eigenvalue weighted by atomic mass is 10.2. The molecule has 1 aromatic carbocycles. The lowest BCUT2D eigenvalue weighted by molar-refractivity contribution is -0.671. The highest BCUT2D eigenvalue weighted by Crippen LogP contribution is 2.28. The Balaban J connectivity index is 2.60. The average molecular weight is 248 g/mol. The maximum Gasteiger partial charge on any atom is 0.101 e. The van der Waals surface area contributed by atoms with Crippen molar-refractivity contribution in [3.63, 3.8) is 0 Å². The van der Waals surface area contributed by atoms with Gasteiger partial charge < -0.3 is 10.4 Å². The molecule has 0 aliphatic heterocycles. The van der Waals surface area contributed by atoms with Crippen molar-refractivity contribution in [3.8, 4) is 5.75 Å². The van der Waals surface area contributed by atoms with E-state index in [0.717, 1.165) is 19.4 Å². The van der Waals surface area contributed by atoms with Crippen LogP contribution in [0.5, 0.6) is 5.75 Å². The topological polar surface area (TPSA) is 39.7 Å². The lowest BCUT2D eigenvalue weighted by Crippen LogP contribution is -2.82. The largest absolute Gasteiger partial charge is 0.871 e. The Morgan fingerprint density at radius 2 is 2.07 bits per heavy atom. The number of benzene rings is 1. The van der Waals surface area contributed by atoms with Crippen molar-refractivity contribution in [2.45, 2.75) is 26.3 Å². The van der Waals surface area contributed by atoms with Crippen LogP contribution in [-0.4, -0.2) is 6.54 Å². The first kappa shape index (κ1) is 12.6. The molecule has 0 fully saturated rings. The molecule has 1 aromatic rings. The third-order valence-corrected chi connectivity index (χ3v) is 2.71. The van der Waals surface area contributed by atoms with Gasteiger partial charge in [0.1, 0.15) is 6.54 Å². The maximum atomic E-state index is 11.6. The summed E-state index contributed by atoms with van der Waals surface area (Å²) in [6.07, 6.45) is 2.32. The highest BCUT2D eigenvalue weighted by atomic mass is 35.5. The monoisotopic (exact) mass is 247 g/mol. The molecule has 4 heteroatoms. The van der Waals surface area contributed by atoms with Gasteiger partial charge in [-0.05, 0) is 18.6 Å². The highest BCUT2D eigenvalue weighted by Gasteiger charge is 2.02. The number of halogens is 2. The molecule has 0 amide bonds. The van der Waals surface area contributed by atoms with E-state index >= 15 is 0 Å². The van der Waals surface area contributed by atoms with E-state index < -0.39 is 0 Å². The highest BCUT2D eigenvalue weighted by molar-refractivity contribution is 6.35. The first-order valence-electron chi connectivity index (χ1n) is 5.11. The van der Waals surface area contributed by atoms with Gasteiger partial charge in [-0.2, -0.15) is 0 Å². The molecule has 0 unspecified atom stereocenters. The quantitative estimate of drug-likeness (QED) is 0.794. The summed E-state index contributed by atoms with van der Waals surface area (Å²) in [6.45, 7) is 3.82. The fourth-order valence-corrected chi connectivity index (χ4v) is 1.91. The van der Waals surface area contributed by atoms with Crippen molar-refractivity contribution in [3.05, 3.63) is 27.7 Å². The van der Waals surface area contributed by atoms with Crippen molar-refractivity contribution in [2.24, 2.45) is 0 Å².